The van der Waals surface area contributed by atoms with E-state index in [-0.39, 0.29) is 6.10 Å². The highest BCUT2D eigenvalue weighted by Gasteiger charge is 2.35. The Bertz CT molecular complexity index is 439. The largest absolute Gasteiger partial charge is 0.384 e. The van der Waals surface area contributed by atoms with Gasteiger partial charge >= 0.3 is 0 Å². The van der Waals surface area contributed by atoms with Gasteiger partial charge in [-0.1, -0.05) is 12.8 Å². The zero-order valence-electron chi connectivity index (χ0n) is 11.6. The van der Waals surface area contributed by atoms with Gasteiger partial charge in [-0.3, -0.25) is 0 Å². The fourth-order valence-corrected chi connectivity index (χ4v) is 3.06. The lowest BCUT2D eigenvalue weighted by molar-refractivity contribution is 0.0399. The van der Waals surface area contributed by atoms with Crippen LogP contribution in [0.4, 0.5) is 5.82 Å². The Kier molecular flexibility index (Phi) is 3.69. The lowest BCUT2D eigenvalue weighted by Crippen LogP contribution is -2.14. The highest BCUT2D eigenvalue weighted by Crippen LogP contribution is 2.43. The first kappa shape index (κ1) is 12.9. The van der Waals surface area contributed by atoms with Crippen molar-refractivity contribution >= 4 is 5.82 Å². The van der Waals surface area contributed by atoms with Crippen molar-refractivity contribution in [1.82, 2.24) is 9.97 Å². The summed E-state index contributed by atoms with van der Waals surface area (Å²) in [5.74, 6) is 2.58. The number of rotatable bonds is 5. The fraction of sp³-hybridized carbons (Fsp3) is 0.733. The summed E-state index contributed by atoms with van der Waals surface area (Å²) in [7, 11) is 0. The molecule has 19 heavy (non-hydrogen) atoms. The Morgan fingerprint density at radius 2 is 2.00 bits per heavy atom. The second-order valence-corrected chi connectivity index (χ2v) is 5.77. The molecule has 0 saturated heterocycles. The minimum absolute atomic E-state index is 0.0497. The zero-order valence-corrected chi connectivity index (χ0v) is 11.6. The van der Waals surface area contributed by atoms with Crippen LogP contribution < -0.4 is 5.73 Å². The van der Waals surface area contributed by atoms with Crippen LogP contribution in [0.2, 0.25) is 0 Å². The molecule has 4 heteroatoms. The topological polar surface area (TPSA) is 61.0 Å². The average molecular weight is 261 g/mol. The lowest BCUT2D eigenvalue weighted by atomic mass is 10.0. The van der Waals surface area contributed by atoms with Gasteiger partial charge in [-0.05, 0) is 38.5 Å². The van der Waals surface area contributed by atoms with E-state index in [9.17, 15) is 0 Å². The molecule has 2 saturated carbocycles. The van der Waals surface area contributed by atoms with Crippen LogP contribution in [0.5, 0.6) is 0 Å². The molecule has 0 amide bonds. The van der Waals surface area contributed by atoms with Crippen molar-refractivity contribution in [3.8, 4) is 0 Å². The molecule has 2 N–H and O–H groups in total. The summed E-state index contributed by atoms with van der Waals surface area (Å²) >= 11 is 0. The highest BCUT2D eigenvalue weighted by atomic mass is 16.5. The van der Waals surface area contributed by atoms with Gasteiger partial charge in [0.05, 0.1) is 0 Å². The van der Waals surface area contributed by atoms with Crippen LogP contribution in [0, 0.1) is 5.92 Å². The average Bonchev–Trinajstić information content (AvgIpc) is 3.08. The molecule has 3 rings (SSSR count). The summed E-state index contributed by atoms with van der Waals surface area (Å²) < 4.78 is 5.84. The van der Waals surface area contributed by atoms with Gasteiger partial charge in [0.1, 0.15) is 11.9 Å². The van der Waals surface area contributed by atoms with E-state index in [4.69, 9.17) is 15.5 Å². The number of hydrogen-bond acceptors (Lipinski definition) is 4. The molecule has 0 aromatic carbocycles. The van der Waals surface area contributed by atoms with Gasteiger partial charge in [0.2, 0.25) is 0 Å². The quantitative estimate of drug-likeness (QED) is 0.884. The maximum absolute atomic E-state index is 5.97. The van der Waals surface area contributed by atoms with Crippen LogP contribution >= 0.6 is 0 Å². The molecule has 0 bridgehead atoms. The summed E-state index contributed by atoms with van der Waals surface area (Å²) in [4.78, 5) is 9.21. The van der Waals surface area contributed by atoms with Crippen LogP contribution in [0.15, 0.2) is 6.07 Å². The van der Waals surface area contributed by atoms with Crippen LogP contribution in [-0.2, 0) is 4.74 Å². The summed E-state index contributed by atoms with van der Waals surface area (Å²) in [5.41, 5.74) is 7.10. The standard InChI is InChI=1S/C15H23N3O/c1-2-19-14(11-7-8-11)15-17-12(9-13(16)18-15)10-5-3-4-6-10/h9-11,14H,2-8H2,1H3,(H2,16,17,18). The molecule has 1 aromatic rings. The number of anilines is 1. The first-order valence-corrected chi connectivity index (χ1v) is 7.54. The maximum atomic E-state index is 5.97. The van der Waals surface area contributed by atoms with Crippen molar-refractivity contribution < 1.29 is 4.74 Å². The first-order chi connectivity index (χ1) is 9.28. The Hall–Kier alpha value is -1.16. The number of ether oxygens (including phenoxy) is 1. The molecule has 1 unspecified atom stereocenters. The van der Waals surface area contributed by atoms with E-state index in [2.05, 4.69) is 4.98 Å². The number of nitrogens with zero attached hydrogens (tertiary/aromatic N) is 2. The van der Waals surface area contributed by atoms with Gasteiger partial charge in [0.25, 0.3) is 0 Å². The Morgan fingerprint density at radius 3 is 2.63 bits per heavy atom. The smallest absolute Gasteiger partial charge is 0.160 e. The molecule has 0 radical (unpaired) electrons. The van der Waals surface area contributed by atoms with Crippen molar-refractivity contribution in [2.75, 3.05) is 12.3 Å². The van der Waals surface area contributed by atoms with E-state index < -0.39 is 0 Å². The summed E-state index contributed by atoms with van der Waals surface area (Å²) in [6.45, 7) is 2.73. The third kappa shape index (κ3) is 2.89. The zero-order chi connectivity index (χ0) is 13.2. The number of nitrogen functional groups attached to an aromatic ring is 1. The number of hydrogen-bond donors (Lipinski definition) is 1. The van der Waals surface area contributed by atoms with Crippen LogP contribution in [0.1, 0.15) is 69.0 Å². The van der Waals surface area contributed by atoms with Crippen molar-refractivity contribution in [2.24, 2.45) is 5.92 Å². The molecule has 0 aliphatic heterocycles. The summed E-state index contributed by atoms with van der Waals surface area (Å²) in [5, 5.41) is 0. The van der Waals surface area contributed by atoms with E-state index in [1.165, 1.54) is 38.5 Å². The van der Waals surface area contributed by atoms with Crippen molar-refractivity contribution in [1.29, 1.82) is 0 Å². The van der Waals surface area contributed by atoms with Crippen LogP contribution in [0.25, 0.3) is 0 Å². The first-order valence-electron chi connectivity index (χ1n) is 7.54. The van der Waals surface area contributed by atoms with Gasteiger partial charge in [-0.15, -0.1) is 0 Å². The minimum atomic E-state index is 0.0497. The SMILES string of the molecule is CCOC(c1nc(N)cc(C2CCCC2)n1)C1CC1. The van der Waals surface area contributed by atoms with Gasteiger partial charge in [0, 0.05) is 24.3 Å². The molecular weight excluding hydrogens is 238 g/mol. The Balaban J connectivity index is 1.86. The molecule has 2 aliphatic rings. The van der Waals surface area contributed by atoms with Gasteiger partial charge in [-0.2, -0.15) is 0 Å². The van der Waals surface area contributed by atoms with E-state index >= 15 is 0 Å². The number of nitrogens with two attached hydrogens (primary N) is 1. The molecule has 0 spiro atoms. The number of aromatic nitrogens is 2. The molecule has 2 aliphatic carbocycles. The van der Waals surface area contributed by atoms with Crippen molar-refractivity contribution in [3.05, 3.63) is 17.6 Å². The minimum Gasteiger partial charge on any atom is -0.384 e. The lowest BCUT2D eigenvalue weighted by Gasteiger charge is -2.17. The van der Waals surface area contributed by atoms with Crippen LogP contribution in [-0.4, -0.2) is 16.6 Å². The second kappa shape index (κ2) is 5.45. The van der Waals surface area contributed by atoms with E-state index in [0.29, 0.717) is 24.3 Å². The van der Waals surface area contributed by atoms with Gasteiger partial charge < -0.3 is 10.5 Å². The van der Waals surface area contributed by atoms with E-state index in [1.807, 2.05) is 13.0 Å². The Labute approximate surface area is 114 Å². The van der Waals surface area contributed by atoms with Crippen molar-refractivity contribution in [3.63, 3.8) is 0 Å². The monoisotopic (exact) mass is 261 g/mol. The van der Waals surface area contributed by atoms with E-state index in [1.54, 1.807) is 0 Å². The third-order valence-electron chi connectivity index (χ3n) is 4.21. The predicted octanol–water partition coefficient (Wildman–Crippen LogP) is 3.20. The highest BCUT2D eigenvalue weighted by molar-refractivity contribution is 5.32. The fourth-order valence-electron chi connectivity index (χ4n) is 3.06. The second-order valence-electron chi connectivity index (χ2n) is 5.77. The summed E-state index contributed by atoms with van der Waals surface area (Å²) in [6.07, 6.45) is 7.58. The van der Waals surface area contributed by atoms with Crippen LogP contribution in [0.3, 0.4) is 0 Å². The summed E-state index contributed by atoms with van der Waals surface area (Å²) in [6, 6.07) is 1.95. The van der Waals surface area contributed by atoms with Gasteiger partial charge in [-0.25, -0.2) is 9.97 Å². The van der Waals surface area contributed by atoms with Crippen molar-refractivity contribution in [2.45, 2.75) is 57.5 Å². The molecular formula is C15H23N3O. The molecule has 2 fully saturated rings. The molecule has 104 valence electrons. The molecule has 4 nitrogen and oxygen atoms in total. The Morgan fingerprint density at radius 1 is 1.26 bits per heavy atom. The van der Waals surface area contributed by atoms with Gasteiger partial charge in [0.15, 0.2) is 5.82 Å². The molecule has 1 atom stereocenters. The third-order valence-corrected chi connectivity index (χ3v) is 4.21. The molecule has 1 aromatic heterocycles. The van der Waals surface area contributed by atoms with E-state index in [0.717, 1.165) is 11.5 Å². The molecule has 1 heterocycles. The maximum Gasteiger partial charge on any atom is 0.160 e. The normalized spacial score (nSPS) is 21.7. The predicted molar refractivity (Wildman–Crippen MR) is 74.7 cm³/mol.